The van der Waals surface area contributed by atoms with Crippen LogP contribution in [0.4, 0.5) is 8.78 Å². The van der Waals surface area contributed by atoms with Gasteiger partial charge in [0.15, 0.2) is 5.16 Å². The molecule has 4 aromatic rings. The van der Waals surface area contributed by atoms with E-state index in [1.807, 2.05) is 6.07 Å². The molecule has 0 radical (unpaired) electrons. The van der Waals surface area contributed by atoms with Crippen LogP contribution in [-0.2, 0) is 18.7 Å². The second kappa shape index (κ2) is 9.38. The molecule has 160 valence electrons. The van der Waals surface area contributed by atoms with Gasteiger partial charge in [0.05, 0.1) is 16.7 Å². The zero-order valence-electron chi connectivity index (χ0n) is 16.0. The van der Waals surface area contributed by atoms with E-state index in [-0.39, 0.29) is 17.1 Å². The monoisotopic (exact) mass is 480 g/mol. The summed E-state index contributed by atoms with van der Waals surface area (Å²) in [5, 5.41) is 1.97. The Morgan fingerprint density at radius 3 is 2.71 bits per heavy atom. The molecule has 10 heteroatoms. The quantitative estimate of drug-likeness (QED) is 0.246. The molecule has 0 saturated carbocycles. The zero-order chi connectivity index (χ0) is 22.0. The van der Waals surface area contributed by atoms with Gasteiger partial charge in [0.1, 0.15) is 5.82 Å². The summed E-state index contributed by atoms with van der Waals surface area (Å²) >= 11 is 13.4. The highest BCUT2D eigenvalue weighted by Gasteiger charge is 2.16. The molecule has 0 aliphatic heterocycles. The Morgan fingerprint density at radius 2 is 1.94 bits per heavy atom. The van der Waals surface area contributed by atoms with E-state index in [2.05, 4.69) is 9.97 Å². The van der Waals surface area contributed by atoms with Crippen LogP contribution in [0.2, 0.25) is 10.0 Å². The molecule has 0 fully saturated rings. The highest BCUT2D eigenvalue weighted by atomic mass is 35.5. The third-order valence-electron chi connectivity index (χ3n) is 4.74. The fourth-order valence-electron chi connectivity index (χ4n) is 3.17. The lowest BCUT2D eigenvalue weighted by molar-refractivity contribution is 0.0678. The highest BCUT2D eigenvalue weighted by molar-refractivity contribution is 7.98. The summed E-state index contributed by atoms with van der Waals surface area (Å²) in [6, 6.07) is 12.2. The van der Waals surface area contributed by atoms with Crippen LogP contribution in [0.1, 0.15) is 17.9 Å². The van der Waals surface area contributed by atoms with Crippen LogP contribution in [0.3, 0.4) is 0 Å². The van der Waals surface area contributed by atoms with E-state index in [0.29, 0.717) is 39.1 Å². The van der Waals surface area contributed by atoms with E-state index in [1.165, 1.54) is 24.2 Å². The molecule has 0 aliphatic rings. The first-order valence-corrected chi connectivity index (χ1v) is 11.0. The summed E-state index contributed by atoms with van der Waals surface area (Å²) in [5.41, 5.74) is 1.19. The number of halogens is 4. The number of para-hydroxylation sites is 1. The highest BCUT2D eigenvalue weighted by Crippen LogP contribution is 2.25. The van der Waals surface area contributed by atoms with Gasteiger partial charge in [-0.25, -0.2) is 9.97 Å². The molecule has 2 aromatic heterocycles. The molecule has 5 nitrogen and oxygen atoms in total. The Morgan fingerprint density at radius 1 is 1.13 bits per heavy atom. The SMILES string of the molecule is O=c1c2ccccc2nc(SCc2nccn2C(F)F)n1CCc1ccc(Cl)cc1Cl. The topological polar surface area (TPSA) is 52.7 Å². The van der Waals surface area contributed by atoms with Gasteiger partial charge in [0.2, 0.25) is 0 Å². The van der Waals surface area contributed by atoms with Gasteiger partial charge >= 0.3 is 6.55 Å². The van der Waals surface area contributed by atoms with Crippen molar-refractivity contribution in [3.63, 3.8) is 0 Å². The molecule has 31 heavy (non-hydrogen) atoms. The summed E-state index contributed by atoms with van der Waals surface area (Å²) in [4.78, 5) is 21.8. The molecule has 2 heterocycles. The van der Waals surface area contributed by atoms with Gasteiger partial charge in [-0.1, -0.05) is 53.2 Å². The summed E-state index contributed by atoms with van der Waals surface area (Å²) in [6.45, 7) is -2.36. The average molecular weight is 481 g/mol. The van der Waals surface area contributed by atoms with E-state index >= 15 is 0 Å². The second-order valence-electron chi connectivity index (χ2n) is 6.67. The standard InChI is InChI=1S/C21H16Cl2F2N4OS/c22-14-6-5-13(16(23)11-14)7-9-29-19(30)15-3-1-2-4-17(15)27-21(29)31-12-18-26-8-10-28(18)20(24)25/h1-6,8,10-11,20H,7,9,12H2. The van der Waals surface area contributed by atoms with E-state index < -0.39 is 6.55 Å². The fourth-order valence-corrected chi connectivity index (χ4v) is 4.65. The van der Waals surface area contributed by atoms with E-state index in [9.17, 15) is 13.6 Å². The molecule has 0 unspecified atom stereocenters. The lowest BCUT2D eigenvalue weighted by atomic mass is 10.1. The second-order valence-corrected chi connectivity index (χ2v) is 8.46. The van der Waals surface area contributed by atoms with E-state index in [4.69, 9.17) is 23.2 Å². The summed E-state index contributed by atoms with van der Waals surface area (Å²) < 4.78 is 28.6. The molecule has 0 N–H and O–H groups in total. The maximum atomic E-state index is 13.2. The summed E-state index contributed by atoms with van der Waals surface area (Å²) in [5.74, 6) is 0.346. The maximum absolute atomic E-state index is 13.2. The molecule has 2 aromatic carbocycles. The number of aryl methyl sites for hydroxylation is 1. The first-order chi connectivity index (χ1) is 14.9. The molecule has 0 aliphatic carbocycles. The molecule has 4 rings (SSSR count). The van der Waals surface area contributed by atoms with Crippen LogP contribution >= 0.6 is 35.0 Å². The number of thioether (sulfide) groups is 1. The lowest BCUT2D eigenvalue weighted by Crippen LogP contribution is -2.24. The predicted octanol–water partition coefficient (Wildman–Crippen LogP) is 5.83. The number of hydrogen-bond donors (Lipinski definition) is 0. The van der Waals surface area contributed by atoms with Crippen LogP contribution < -0.4 is 5.56 Å². The van der Waals surface area contributed by atoms with Crippen molar-refractivity contribution in [2.75, 3.05) is 0 Å². The van der Waals surface area contributed by atoms with Crippen molar-refractivity contribution in [3.8, 4) is 0 Å². The van der Waals surface area contributed by atoms with Gasteiger partial charge in [-0.15, -0.1) is 0 Å². The van der Waals surface area contributed by atoms with Gasteiger partial charge in [-0.2, -0.15) is 8.78 Å². The van der Waals surface area contributed by atoms with Crippen LogP contribution in [-0.4, -0.2) is 19.1 Å². The molecule has 0 atom stereocenters. The number of fused-ring (bicyclic) bond motifs is 1. The first kappa shape index (κ1) is 21.8. The fraction of sp³-hybridized carbons (Fsp3) is 0.190. The lowest BCUT2D eigenvalue weighted by Gasteiger charge is -2.14. The largest absolute Gasteiger partial charge is 0.319 e. The Labute approximate surface area is 190 Å². The predicted molar refractivity (Wildman–Crippen MR) is 119 cm³/mol. The molecular weight excluding hydrogens is 465 g/mol. The molecule has 0 bridgehead atoms. The van der Waals surface area contributed by atoms with Crippen LogP contribution in [0.5, 0.6) is 0 Å². The minimum absolute atomic E-state index is 0.143. The zero-order valence-corrected chi connectivity index (χ0v) is 18.3. The molecule has 0 amide bonds. The maximum Gasteiger partial charge on any atom is 0.319 e. The number of imidazole rings is 1. The van der Waals surface area contributed by atoms with Crippen molar-refractivity contribution in [1.82, 2.24) is 19.1 Å². The molecule has 0 spiro atoms. The Balaban J connectivity index is 1.67. The molecule has 0 saturated heterocycles. The third-order valence-corrected chi connectivity index (χ3v) is 6.30. The van der Waals surface area contributed by atoms with Crippen molar-refractivity contribution >= 4 is 45.9 Å². The van der Waals surface area contributed by atoms with Gasteiger partial charge in [0, 0.05) is 29.0 Å². The van der Waals surface area contributed by atoms with Crippen LogP contribution in [0.25, 0.3) is 10.9 Å². The van der Waals surface area contributed by atoms with Crippen molar-refractivity contribution in [2.24, 2.45) is 0 Å². The minimum Gasteiger partial charge on any atom is -0.287 e. The van der Waals surface area contributed by atoms with E-state index in [0.717, 1.165) is 10.1 Å². The average Bonchev–Trinajstić information content (AvgIpc) is 3.22. The van der Waals surface area contributed by atoms with Crippen molar-refractivity contribution < 1.29 is 8.78 Å². The number of hydrogen-bond acceptors (Lipinski definition) is 4. The first-order valence-electron chi connectivity index (χ1n) is 9.30. The number of alkyl halides is 2. The molecular formula is C21H16Cl2F2N4OS. The normalized spacial score (nSPS) is 11.5. The Hall–Kier alpha value is -2.42. The number of nitrogens with zero attached hydrogens (tertiary/aromatic N) is 4. The Kier molecular flexibility index (Phi) is 6.60. The van der Waals surface area contributed by atoms with Crippen molar-refractivity contribution in [2.45, 2.75) is 30.4 Å². The third kappa shape index (κ3) is 4.76. The van der Waals surface area contributed by atoms with E-state index in [1.54, 1.807) is 41.0 Å². The summed E-state index contributed by atoms with van der Waals surface area (Å²) in [7, 11) is 0. The number of benzene rings is 2. The van der Waals surface area contributed by atoms with Crippen molar-refractivity contribution in [3.05, 3.63) is 86.6 Å². The van der Waals surface area contributed by atoms with Crippen molar-refractivity contribution in [1.29, 1.82) is 0 Å². The minimum atomic E-state index is -2.68. The summed E-state index contributed by atoms with van der Waals surface area (Å²) in [6.07, 6.45) is 3.03. The smallest absolute Gasteiger partial charge is 0.287 e. The van der Waals surface area contributed by atoms with Gasteiger partial charge in [-0.05, 0) is 36.2 Å². The van der Waals surface area contributed by atoms with Crippen LogP contribution in [0.15, 0.2) is 64.8 Å². The van der Waals surface area contributed by atoms with Gasteiger partial charge in [-0.3, -0.25) is 13.9 Å². The number of rotatable bonds is 7. The number of aromatic nitrogens is 4. The van der Waals surface area contributed by atoms with Gasteiger partial charge < -0.3 is 0 Å². The Bertz CT molecular complexity index is 1290. The van der Waals surface area contributed by atoms with Gasteiger partial charge in [0.25, 0.3) is 5.56 Å². The van der Waals surface area contributed by atoms with Crippen LogP contribution in [0, 0.1) is 0 Å².